The zero-order valence-corrected chi connectivity index (χ0v) is 30.5. The number of aryl methyl sites for hydroxylation is 2. The van der Waals surface area contributed by atoms with Crippen molar-refractivity contribution >= 4 is 23.4 Å². The summed E-state index contributed by atoms with van der Waals surface area (Å²) in [6, 6.07) is 24.1. The molecule has 3 aromatic carbocycles. The van der Waals surface area contributed by atoms with Crippen LogP contribution in [0.25, 0.3) is 5.69 Å². The van der Waals surface area contributed by atoms with Gasteiger partial charge in [-0.1, -0.05) is 62.7 Å². The van der Waals surface area contributed by atoms with Crippen LogP contribution in [0.1, 0.15) is 59.1 Å². The highest BCUT2D eigenvalue weighted by Gasteiger charge is 2.24. The molecule has 10 heteroatoms. The highest BCUT2D eigenvalue weighted by atomic mass is 16.2. The van der Waals surface area contributed by atoms with E-state index in [0.717, 1.165) is 91.7 Å². The molecular formula is C40H52N8O2. The van der Waals surface area contributed by atoms with E-state index in [1.807, 2.05) is 73.3 Å². The van der Waals surface area contributed by atoms with Crippen molar-refractivity contribution in [2.75, 3.05) is 70.0 Å². The van der Waals surface area contributed by atoms with E-state index in [-0.39, 0.29) is 17.4 Å². The van der Waals surface area contributed by atoms with Crippen LogP contribution in [0.15, 0.2) is 72.8 Å². The van der Waals surface area contributed by atoms with Gasteiger partial charge < -0.3 is 15.1 Å². The highest BCUT2D eigenvalue weighted by molar-refractivity contribution is 6.00. The Morgan fingerprint density at radius 3 is 1.96 bits per heavy atom. The fourth-order valence-electron chi connectivity index (χ4n) is 6.46. The second-order valence-electron chi connectivity index (χ2n) is 15.0. The largest absolute Gasteiger partial charge is 0.336 e. The molecule has 1 aromatic heterocycles. The number of nitrogens with zero attached hydrogens (tertiary/aromatic N) is 6. The minimum Gasteiger partial charge on any atom is -0.336 e. The van der Waals surface area contributed by atoms with Crippen molar-refractivity contribution in [1.29, 1.82) is 0 Å². The number of carbonyl (C=O) groups excluding carboxylic acids is 2. The van der Waals surface area contributed by atoms with E-state index >= 15 is 0 Å². The van der Waals surface area contributed by atoms with Gasteiger partial charge in [0.2, 0.25) is 0 Å². The molecule has 2 aliphatic heterocycles. The second kappa shape index (κ2) is 15.2. The monoisotopic (exact) mass is 676 g/mol. The Kier molecular flexibility index (Phi) is 10.7. The van der Waals surface area contributed by atoms with Crippen LogP contribution in [0.5, 0.6) is 0 Å². The highest BCUT2D eigenvalue weighted by Crippen LogP contribution is 2.27. The number of urea groups is 1. The van der Waals surface area contributed by atoms with Crippen LogP contribution in [-0.4, -0.2) is 101 Å². The topological polar surface area (TPSA) is 89.0 Å². The number of likely N-dealkylation sites (N-methyl/N-ethyl adjacent to an activating group) is 1. The quantitative estimate of drug-likeness (QED) is 0.233. The van der Waals surface area contributed by atoms with E-state index in [1.165, 1.54) is 5.56 Å². The Labute approximate surface area is 297 Å². The zero-order valence-electron chi connectivity index (χ0n) is 30.5. The van der Waals surface area contributed by atoms with E-state index in [1.54, 1.807) is 4.68 Å². The van der Waals surface area contributed by atoms with Crippen LogP contribution in [0.4, 0.5) is 16.3 Å². The summed E-state index contributed by atoms with van der Waals surface area (Å²) in [5.74, 6) is 0.709. The summed E-state index contributed by atoms with van der Waals surface area (Å²) in [4.78, 5) is 35.8. The molecule has 10 nitrogen and oxygen atoms in total. The molecule has 264 valence electrons. The SMILES string of the molecule is Cc1ccc(-n2nc(C(C)(C)C)cc2NC(=O)Nc2cc(CN3CCN(C(=O)c4ccc(CN5CCN(C)CC5)cc4)CC3)ccc2C)cc1. The second-order valence-corrected chi connectivity index (χ2v) is 15.0. The molecule has 2 fully saturated rings. The van der Waals surface area contributed by atoms with Gasteiger partial charge in [-0.3, -0.25) is 19.9 Å². The van der Waals surface area contributed by atoms with Gasteiger partial charge in [-0.25, -0.2) is 9.48 Å². The molecule has 0 bridgehead atoms. The molecule has 2 N–H and O–H groups in total. The number of piperazine rings is 2. The molecule has 0 aliphatic carbocycles. The number of anilines is 2. The Bertz CT molecular complexity index is 1780. The van der Waals surface area contributed by atoms with Gasteiger partial charge in [-0.2, -0.15) is 5.10 Å². The number of rotatable bonds is 8. The predicted molar refractivity (Wildman–Crippen MR) is 201 cm³/mol. The van der Waals surface area contributed by atoms with Crippen LogP contribution in [0.2, 0.25) is 0 Å². The number of carbonyl (C=O) groups is 2. The van der Waals surface area contributed by atoms with Crippen molar-refractivity contribution in [1.82, 2.24) is 29.4 Å². The van der Waals surface area contributed by atoms with Gasteiger partial charge in [-0.15, -0.1) is 0 Å². The lowest BCUT2D eigenvalue weighted by molar-refractivity contribution is 0.0628. The molecule has 3 amide bonds. The first kappa shape index (κ1) is 35.3. The average molecular weight is 677 g/mol. The number of hydrogen-bond acceptors (Lipinski definition) is 6. The predicted octanol–water partition coefficient (Wildman–Crippen LogP) is 6.14. The molecule has 4 aromatic rings. The zero-order chi connectivity index (χ0) is 35.4. The first-order valence-corrected chi connectivity index (χ1v) is 17.8. The molecule has 2 saturated heterocycles. The smallest absolute Gasteiger partial charge is 0.324 e. The third-order valence-electron chi connectivity index (χ3n) is 9.82. The van der Waals surface area contributed by atoms with E-state index in [4.69, 9.17) is 5.10 Å². The standard InChI is InChI=1S/C40H52N8O2/c1-29-7-15-34(16-8-29)48-37(26-36(43-48)40(3,4)5)42-39(50)41-35-25-32(10-9-30(35)2)28-46-21-23-47(24-22-46)38(49)33-13-11-31(12-14-33)27-45-19-17-44(6)18-20-45/h7-16,25-26H,17-24,27-28H2,1-6H3,(H2,41,42,50). The minimum atomic E-state index is -0.321. The minimum absolute atomic E-state index is 0.0990. The van der Waals surface area contributed by atoms with Gasteiger partial charge in [0.25, 0.3) is 5.91 Å². The van der Waals surface area contributed by atoms with E-state index in [0.29, 0.717) is 18.9 Å². The third-order valence-corrected chi connectivity index (χ3v) is 9.82. The molecule has 0 atom stereocenters. The van der Waals surface area contributed by atoms with Gasteiger partial charge >= 0.3 is 6.03 Å². The van der Waals surface area contributed by atoms with Gasteiger partial charge in [0, 0.05) is 88.2 Å². The maximum Gasteiger partial charge on any atom is 0.324 e. The van der Waals surface area contributed by atoms with E-state index in [2.05, 4.69) is 71.4 Å². The lowest BCUT2D eigenvalue weighted by Crippen LogP contribution is -2.48. The maximum atomic E-state index is 13.4. The molecular weight excluding hydrogens is 624 g/mol. The summed E-state index contributed by atoms with van der Waals surface area (Å²) < 4.78 is 1.79. The van der Waals surface area contributed by atoms with Crippen molar-refractivity contribution in [3.05, 3.63) is 106 Å². The van der Waals surface area contributed by atoms with Crippen LogP contribution < -0.4 is 10.6 Å². The summed E-state index contributed by atoms with van der Waals surface area (Å²) in [6.07, 6.45) is 0. The summed E-state index contributed by atoms with van der Waals surface area (Å²) >= 11 is 0. The fourth-order valence-corrected chi connectivity index (χ4v) is 6.46. The Balaban J connectivity index is 1.03. The van der Waals surface area contributed by atoms with Crippen LogP contribution in [0, 0.1) is 13.8 Å². The van der Waals surface area contributed by atoms with E-state index in [9.17, 15) is 9.59 Å². The van der Waals surface area contributed by atoms with Crippen LogP contribution >= 0.6 is 0 Å². The molecule has 0 spiro atoms. The van der Waals surface area contributed by atoms with Crippen molar-refractivity contribution in [2.24, 2.45) is 0 Å². The summed E-state index contributed by atoms with van der Waals surface area (Å²) in [7, 11) is 2.17. The maximum absolute atomic E-state index is 13.4. The molecule has 0 radical (unpaired) electrons. The van der Waals surface area contributed by atoms with E-state index < -0.39 is 0 Å². The van der Waals surface area contributed by atoms with Gasteiger partial charge in [-0.05, 0) is 67.9 Å². The first-order valence-electron chi connectivity index (χ1n) is 17.8. The molecule has 0 unspecified atom stereocenters. The third kappa shape index (κ3) is 8.79. The van der Waals surface area contributed by atoms with Crippen LogP contribution in [0.3, 0.4) is 0 Å². The number of amides is 3. The summed E-state index contributed by atoms with van der Waals surface area (Å²) in [6.45, 7) is 19.4. The Morgan fingerprint density at radius 1 is 0.720 bits per heavy atom. The number of aromatic nitrogens is 2. The molecule has 2 aliphatic rings. The number of nitrogens with one attached hydrogen (secondary N) is 2. The van der Waals surface area contributed by atoms with Crippen LogP contribution in [-0.2, 0) is 18.5 Å². The van der Waals surface area contributed by atoms with Gasteiger partial charge in [0.15, 0.2) is 0 Å². The molecule has 3 heterocycles. The Morgan fingerprint density at radius 2 is 1.32 bits per heavy atom. The number of hydrogen-bond donors (Lipinski definition) is 2. The summed E-state index contributed by atoms with van der Waals surface area (Å²) in [5.41, 5.74) is 7.63. The molecule has 50 heavy (non-hydrogen) atoms. The molecule has 6 rings (SSSR count). The van der Waals surface area contributed by atoms with Gasteiger partial charge in [0.1, 0.15) is 5.82 Å². The lowest BCUT2D eigenvalue weighted by atomic mass is 9.92. The average Bonchev–Trinajstić information content (AvgIpc) is 3.52. The molecule has 0 saturated carbocycles. The lowest BCUT2D eigenvalue weighted by Gasteiger charge is -2.35. The van der Waals surface area contributed by atoms with Gasteiger partial charge in [0.05, 0.1) is 11.4 Å². The van der Waals surface area contributed by atoms with Crippen molar-refractivity contribution in [2.45, 2.75) is 53.1 Å². The summed E-state index contributed by atoms with van der Waals surface area (Å²) in [5, 5.41) is 11.0. The van der Waals surface area contributed by atoms with Crippen molar-refractivity contribution in [3.8, 4) is 5.69 Å². The fraction of sp³-hybridized carbons (Fsp3) is 0.425. The Hall–Kier alpha value is -4.51. The van der Waals surface area contributed by atoms with Crippen molar-refractivity contribution in [3.63, 3.8) is 0 Å². The first-order chi connectivity index (χ1) is 23.9. The number of benzene rings is 3. The normalized spacial score (nSPS) is 16.4. The van der Waals surface area contributed by atoms with Crippen molar-refractivity contribution < 1.29 is 9.59 Å².